The fourth-order valence-electron chi connectivity index (χ4n) is 3.39. The molecule has 1 amide bonds. The minimum atomic E-state index is -1.11. The Morgan fingerprint density at radius 2 is 1.86 bits per heavy atom. The summed E-state index contributed by atoms with van der Waals surface area (Å²) >= 11 is 0. The average Bonchev–Trinajstić information content (AvgIpc) is 3.03. The van der Waals surface area contributed by atoms with E-state index in [-0.39, 0.29) is 18.3 Å². The highest BCUT2D eigenvalue weighted by Crippen LogP contribution is 2.35. The maximum Gasteiger partial charge on any atom is 0.339 e. The molecule has 29 heavy (non-hydrogen) atoms. The molecule has 0 radical (unpaired) electrons. The summed E-state index contributed by atoms with van der Waals surface area (Å²) in [7, 11) is 0. The number of amides is 1. The van der Waals surface area contributed by atoms with Gasteiger partial charge in [0, 0.05) is 34.4 Å². The summed E-state index contributed by atoms with van der Waals surface area (Å²) in [4.78, 5) is 35.3. The molecule has 7 nitrogen and oxygen atoms in total. The van der Waals surface area contributed by atoms with Crippen LogP contribution in [-0.4, -0.2) is 23.0 Å². The maximum atomic E-state index is 12.5. The highest BCUT2D eigenvalue weighted by atomic mass is 16.4. The third-order valence-electron chi connectivity index (χ3n) is 5.14. The largest absolute Gasteiger partial charge is 0.480 e. The second kappa shape index (κ2) is 7.39. The van der Waals surface area contributed by atoms with Crippen LogP contribution in [0.4, 0.5) is 0 Å². The minimum Gasteiger partial charge on any atom is -0.480 e. The van der Waals surface area contributed by atoms with E-state index in [1.165, 1.54) is 6.92 Å². The van der Waals surface area contributed by atoms with Gasteiger partial charge < -0.3 is 19.3 Å². The number of rotatable bonds is 5. The molecular formula is C22H25NO6. The molecule has 7 heteroatoms. The summed E-state index contributed by atoms with van der Waals surface area (Å²) in [6.07, 6.45) is 1.89. The summed E-state index contributed by atoms with van der Waals surface area (Å²) in [5.74, 6) is -1.54. The lowest BCUT2D eigenvalue weighted by Gasteiger charge is -2.16. The molecule has 0 bridgehead atoms. The fourth-order valence-corrected chi connectivity index (χ4v) is 3.39. The van der Waals surface area contributed by atoms with Gasteiger partial charge in [-0.05, 0) is 37.3 Å². The van der Waals surface area contributed by atoms with E-state index in [4.69, 9.17) is 13.9 Å². The highest BCUT2D eigenvalue weighted by Gasteiger charge is 2.22. The molecule has 2 aromatic heterocycles. The van der Waals surface area contributed by atoms with Crippen molar-refractivity contribution in [2.24, 2.45) is 0 Å². The van der Waals surface area contributed by atoms with Crippen LogP contribution in [-0.2, 0) is 21.4 Å². The van der Waals surface area contributed by atoms with E-state index >= 15 is 0 Å². The molecule has 0 aliphatic rings. The predicted octanol–water partition coefficient (Wildman–Crippen LogP) is 3.67. The molecule has 0 unspecified atom stereocenters. The minimum absolute atomic E-state index is 0.00405. The van der Waals surface area contributed by atoms with Gasteiger partial charge in [0.1, 0.15) is 17.2 Å². The van der Waals surface area contributed by atoms with Crippen LogP contribution in [0.25, 0.3) is 21.9 Å². The van der Waals surface area contributed by atoms with Crippen LogP contribution in [0.2, 0.25) is 0 Å². The Bertz CT molecular complexity index is 1160. The molecule has 1 aromatic carbocycles. The zero-order valence-electron chi connectivity index (χ0n) is 17.2. The predicted molar refractivity (Wildman–Crippen MR) is 109 cm³/mol. The van der Waals surface area contributed by atoms with Crippen molar-refractivity contribution in [1.29, 1.82) is 0 Å². The number of aliphatic carboxylic acids is 1. The van der Waals surface area contributed by atoms with E-state index in [1.54, 1.807) is 12.3 Å². The number of nitrogens with one attached hydrogen (secondary N) is 1. The van der Waals surface area contributed by atoms with Crippen LogP contribution < -0.4 is 10.9 Å². The number of carbonyl (C=O) groups excluding carboxylic acids is 1. The Labute approximate surface area is 167 Å². The second-order valence-electron chi connectivity index (χ2n) is 8.36. The van der Waals surface area contributed by atoms with E-state index < -0.39 is 23.5 Å². The average molecular weight is 399 g/mol. The SMILES string of the molecule is Cc1c(CCC(=O)N[C@@H](C)C(=O)O)c(=O)oc2cc3occ(C(C)(C)C)c3cc12. The Morgan fingerprint density at radius 3 is 2.48 bits per heavy atom. The van der Waals surface area contributed by atoms with Crippen molar-refractivity contribution >= 4 is 33.8 Å². The first-order chi connectivity index (χ1) is 13.5. The molecule has 0 aliphatic carbocycles. The number of hydrogen-bond acceptors (Lipinski definition) is 5. The molecule has 0 saturated heterocycles. The number of furan rings is 1. The van der Waals surface area contributed by atoms with Gasteiger partial charge in [-0.15, -0.1) is 0 Å². The van der Waals surface area contributed by atoms with Gasteiger partial charge in [0.25, 0.3) is 0 Å². The van der Waals surface area contributed by atoms with Gasteiger partial charge in [-0.1, -0.05) is 20.8 Å². The van der Waals surface area contributed by atoms with Crippen LogP contribution in [0.15, 0.2) is 32.0 Å². The van der Waals surface area contributed by atoms with Gasteiger partial charge >= 0.3 is 11.6 Å². The van der Waals surface area contributed by atoms with Gasteiger partial charge in [-0.25, -0.2) is 4.79 Å². The van der Waals surface area contributed by atoms with E-state index in [0.29, 0.717) is 16.7 Å². The number of fused-ring (bicyclic) bond motifs is 2. The molecule has 2 heterocycles. The van der Waals surface area contributed by atoms with E-state index in [2.05, 4.69) is 26.1 Å². The molecule has 3 rings (SSSR count). The fraction of sp³-hybridized carbons (Fsp3) is 0.409. The van der Waals surface area contributed by atoms with Crippen LogP contribution >= 0.6 is 0 Å². The quantitative estimate of drug-likeness (QED) is 0.634. The van der Waals surface area contributed by atoms with Gasteiger partial charge in [-0.2, -0.15) is 0 Å². The smallest absolute Gasteiger partial charge is 0.339 e. The molecule has 154 valence electrons. The topological polar surface area (TPSA) is 110 Å². The zero-order chi connectivity index (χ0) is 21.5. The van der Waals surface area contributed by atoms with Crippen molar-refractivity contribution in [1.82, 2.24) is 5.32 Å². The lowest BCUT2D eigenvalue weighted by Crippen LogP contribution is -2.38. The standard InChI is InChI=1S/C22H25NO6/c1-11-13(6-7-19(24)23-12(2)20(25)26)21(27)29-18-9-17-15(8-14(11)18)16(10-28-17)22(3,4)5/h8-10,12H,6-7H2,1-5H3,(H,23,24)(H,25,26)/t12-/m0/s1. The third kappa shape index (κ3) is 4.04. The Hall–Kier alpha value is -3.09. The van der Waals surface area contributed by atoms with Crippen LogP contribution in [0, 0.1) is 6.92 Å². The van der Waals surface area contributed by atoms with Crippen LogP contribution in [0.3, 0.4) is 0 Å². The molecule has 0 fully saturated rings. The summed E-state index contributed by atoms with van der Waals surface area (Å²) in [6, 6.07) is 2.70. The van der Waals surface area contributed by atoms with Gasteiger partial charge in [0.05, 0.1) is 6.26 Å². The summed E-state index contributed by atoms with van der Waals surface area (Å²) < 4.78 is 11.2. The van der Waals surface area contributed by atoms with Gasteiger partial charge in [0.2, 0.25) is 5.91 Å². The van der Waals surface area contributed by atoms with Crippen LogP contribution in [0.1, 0.15) is 50.8 Å². The van der Waals surface area contributed by atoms with Crippen molar-refractivity contribution in [2.45, 2.75) is 58.9 Å². The van der Waals surface area contributed by atoms with Crippen molar-refractivity contribution in [2.75, 3.05) is 0 Å². The molecule has 2 N–H and O–H groups in total. The zero-order valence-corrected chi connectivity index (χ0v) is 17.2. The number of hydrogen-bond donors (Lipinski definition) is 2. The number of carboxylic acid groups (broad SMARTS) is 1. The Balaban J connectivity index is 1.98. The Morgan fingerprint density at radius 1 is 1.17 bits per heavy atom. The number of carboxylic acids is 1. The van der Waals surface area contributed by atoms with E-state index in [0.717, 1.165) is 21.9 Å². The van der Waals surface area contributed by atoms with Gasteiger partial charge in [-0.3, -0.25) is 9.59 Å². The summed E-state index contributed by atoms with van der Waals surface area (Å²) in [5.41, 5.74) is 2.69. The van der Waals surface area contributed by atoms with Gasteiger partial charge in [0.15, 0.2) is 0 Å². The Kier molecular flexibility index (Phi) is 5.26. The summed E-state index contributed by atoms with van der Waals surface area (Å²) in [6.45, 7) is 9.51. The van der Waals surface area contributed by atoms with E-state index in [1.807, 2.05) is 13.0 Å². The first-order valence-corrected chi connectivity index (χ1v) is 9.49. The lowest BCUT2D eigenvalue weighted by molar-refractivity contribution is -0.141. The maximum absolute atomic E-state index is 12.5. The molecule has 3 aromatic rings. The second-order valence-corrected chi connectivity index (χ2v) is 8.36. The highest BCUT2D eigenvalue weighted by molar-refractivity contribution is 5.97. The number of carbonyl (C=O) groups is 2. The van der Waals surface area contributed by atoms with Crippen molar-refractivity contribution in [3.8, 4) is 0 Å². The first kappa shape index (κ1) is 20.6. The third-order valence-corrected chi connectivity index (χ3v) is 5.14. The lowest BCUT2D eigenvalue weighted by atomic mass is 9.86. The first-order valence-electron chi connectivity index (χ1n) is 9.49. The molecule has 1 atom stereocenters. The molecule has 0 saturated carbocycles. The van der Waals surface area contributed by atoms with Crippen molar-refractivity contribution in [3.63, 3.8) is 0 Å². The summed E-state index contributed by atoms with van der Waals surface area (Å²) in [5, 5.41) is 13.0. The monoisotopic (exact) mass is 399 g/mol. The molecule has 0 aliphatic heterocycles. The molecular weight excluding hydrogens is 374 g/mol. The van der Waals surface area contributed by atoms with Crippen molar-refractivity contribution < 1.29 is 23.5 Å². The normalized spacial score (nSPS) is 13.0. The van der Waals surface area contributed by atoms with Crippen molar-refractivity contribution in [3.05, 3.63) is 45.5 Å². The van der Waals surface area contributed by atoms with Crippen LogP contribution in [0.5, 0.6) is 0 Å². The molecule has 0 spiro atoms. The number of aryl methyl sites for hydroxylation is 1. The number of benzene rings is 1. The van der Waals surface area contributed by atoms with E-state index in [9.17, 15) is 14.4 Å².